The molecule has 0 saturated heterocycles. The number of hydrogen-bond acceptors (Lipinski definition) is 6. The van der Waals surface area contributed by atoms with Crippen LogP contribution >= 0.6 is 23.5 Å². The topological polar surface area (TPSA) is 63.8 Å². The maximum Gasteiger partial charge on any atom is 0.148 e. The predicted molar refractivity (Wildman–Crippen MR) is 78.4 cm³/mol. The number of aromatic nitrogens is 2. The number of hydrogen-bond donors (Lipinski definition) is 2. The van der Waals surface area contributed by atoms with E-state index in [1.807, 2.05) is 23.5 Å². The highest BCUT2D eigenvalue weighted by Gasteiger charge is 2.20. The Morgan fingerprint density at radius 2 is 2.11 bits per heavy atom. The largest absolute Gasteiger partial charge is 0.308 e. The molecule has 1 saturated carbocycles. The lowest BCUT2D eigenvalue weighted by atomic mass is 10.2. The van der Waals surface area contributed by atoms with Gasteiger partial charge in [0, 0.05) is 22.3 Å². The lowest BCUT2D eigenvalue weighted by Crippen LogP contribution is -2.13. The third kappa shape index (κ3) is 2.60. The summed E-state index contributed by atoms with van der Waals surface area (Å²) in [5.41, 5.74) is 5.09. The van der Waals surface area contributed by atoms with Crippen molar-refractivity contribution in [3.8, 4) is 0 Å². The van der Waals surface area contributed by atoms with Gasteiger partial charge in [0.25, 0.3) is 0 Å². The first-order valence-corrected chi connectivity index (χ1v) is 8.62. The zero-order chi connectivity index (χ0) is 12.4. The van der Waals surface area contributed by atoms with Crippen molar-refractivity contribution >= 4 is 29.3 Å². The van der Waals surface area contributed by atoms with Crippen molar-refractivity contribution < 1.29 is 0 Å². The molecule has 4 nitrogen and oxygen atoms in total. The molecule has 2 aliphatic rings. The van der Waals surface area contributed by atoms with Crippen molar-refractivity contribution in [2.45, 2.75) is 48.2 Å². The first-order valence-electron chi connectivity index (χ1n) is 6.41. The van der Waals surface area contributed by atoms with E-state index in [0.717, 1.165) is 34.2 Å². The molecule has 18 heavy (non-hydrogen) atoms. The lowest BCUT2D eigenvalue weighted by molar-refractivity contribution is 0.886. The minimum absolute atomic E-state index is 0.811. The summed E-state index contributed by atoms with van der Waals surface area (Å²) in [5.74, 6) is 10.2. The SMILES string of the molecule is NNc1nc(CSC2CCCC2)nc2c1CSC2. The van der Waals surface area contributed by atoms with E-state index in [2.05, 4.69) is 15.4 Å². The summed E-state index contributed by atoms with van der Waals surface area (Å²) in [4.78, 5) is 9.22. The number of rotatable bonds is 4. The van der Waals surface area contributed by atoms with Crippen molar-refractivity contribution in [2.75, 3.05) is 5.43 Å². The van der Waals surface area contributed by atoms with Gasteiger partial charge in [-0.15, -0.1) is 0 Å². The standard InChI is InChI=1S/C12H18N4S2/c13-16-12-9-5-17-6-10(9)14-11(15-12)7-18-8-3-1-2-4-8/h8H,1-7,13H2,(H,14,15,16). The van der Waals surface area contributed by atoms with Gasteiger partial charge in [-0.2, -0.15) is 23.5 Å². The fraction of sp³-hybridized carbons (Fsp3) is 0.667. The fourth-order valence-electron chi connectivity index (χ4n) is 2.53. The van der Waals surface area contributed by atoms with Crippen LogP contribution in [0.25, 0.3) is 0 Å². The van der Waals surface area contributed by atoms with Crippen LogP contribution in [0.15, 0.2) is 0 Å². The van der Waals surface area contributed by atoms with Gasteiger partial charge in [0.05, 0.1) is 11.4 Å². The molecule has 1 aliphatic heterocycles. The second kappa shape index (κ2) is 5.67. The predicted octanol–water partition coefficient (Wildman–Crippen LogP) is 2.68. The molecular weight excluding hydrogens is 264 g/mol. The van der Waals surface area contributed by atoms with Crippen molar-refractivity contribution in [2.24, 2.45) is 5.84 Å². The number of nitrogens with two attached hydrogens (primary N) is 1. The van der Waals surface area contributed by atoms with Crippen LogP contribution in [0.2, 0.25) is 0 Å². The quantitative estimate of drug-likeness (QED) is 0.654. The number of fused-ring (bicyclic) bond motifs is 1. The molecule has 2 heterocycles. The lowest BCUT2D eigenvalue weighted by Gasteiger charge is -2.11. The van der Waals surface area contributed by atoms with Crippen molar-refractivity contribution in [1.29, 1.82) is 0 Å². The van der Waals surface area contributed by atoms with E-state index in [0.29, 0.717) is 0 Å². The van der Waals surface area contributed by atoms with Gasteiger partial charge in [-0.3, -0.25) is 0 Å². The summed E-state index contributed by atoms with van der Waals surface area (Å²) in [7, 11) is 0. The van der Waals surface area contributed by atoms with Gasteiger partial charge in [0.2, 0.25) is 0 Å². The van der Waals surface area contributed by atoms with Crippen LogP contribution in [0.4, 0.5) is 5.82 Å². The summed E-state index contributed by atoms with van der Waals surface area (Å²) in [6.07, 6.45) is 5.48. The second-order valence-electron chi connectivity index (χ2n) is 4.77. The third-order valence-corrected chi connectivity index (χ3v) is 5.85. The van der Waals surface area contributed by atoms with E-state index in [1.54, 1.807) is 0 Å². The van der Waals surface area contributed by atoms with Crippen molar-refractivity contribution in [1.82, 2.24) is 9.97 Å². The average Bonchev–Trinajstić information content (AvgIpc) is 3.06. The molecule has 0 unspecified atom stereocenters. The molecule has 0 spiro atoms. The molecule has 1 fully saturated rings. The van der Waals surface area contributed by atoms with Crippen LogP contribution in [0.5, 0.6) is 0 Å². The normalized spacial score (nSPS) is 19.2. The van der Waals surface area contributed by atoms with Gasteiger partial charge in [-0.05, 0) is 12.8 Å². The molecule has 1 aromatic rings. The highest BCUT2D eigenvalue weighted by atomic mass is 32.2. The Labute approximate surface area is 116 Å². The number of hydrazine groups is 1. The number of nitrogens with one attached hydrogen (secondary N) is 1. The molecule has 0 atom stereocenters. The Hall–Kier alpha value is -0.460. The number of thioether (sulfide) groups is 2. The highest BCUT2D eigenvalue weighted by molar-refractivity contribution is 7.99. The van der Waals surface area contributed by atoms with Gasteiger partial charge in [0.1, 0.15) is 11.6 Å². The molecule has 1 aromatic heterocycles. The summed E-state index contributed by atoms with van der Waals surface area (Å²) >= 11 is 3.88. The second-order valence-corrected chi connectivity index (χ2v) is 7.04. The maximum absolute atomic E-state index is 5.55. The van der Waals surface area contributed by atoms with Crippen LogP contribution in [0, 0.1) is 0 Å². The number of nitrogen functional groups attached to an aromatic ring is 1. The van der Waals surface area contributed by atoms with Crippen molar-refractivity contribution in [3.63, 3.8) is 0 Å². The average molecular weight is 282 g/mol. The van der Waals surface area contributed by atoms with Crippen molar-refractivity contribution in [3.05, 3.63) is 17.1 Å². The Morgan fingerprint density at radius 1 is 1.28 bits per heavy atom. The van der Waals surface area contributed by atoms with E-state index in [9.17, 15) is 0 Å². The van der Waals surface area contributed by atoms with E-state index in [4.69, 9.17) is 5.84 Å². The first kappa shape index (κ1) is 12.6. The van der Waals surface area contributed by atoms with Gasteiger partial charge in [-0.1, -0.05) is 12.8 Å². The highest BCUT2D eigenvalue weighted by Crippen LogP contribution is 2.34. The molecule has 3 rings (SSSR count). The number of anilines is 1. The minimum Gasteiger partial charge on any atom is -0.308 e. The Kier molecular flexibility index (Phi) is 3.96. The molecule has 0 amide bonds. The van der Waals surface area contributed by atoms with Crippen LogP contribution < -0.4 is 11.3 Å². The first-order chi connectivity index (χ1) is 8.86. The van der Waals surface area contributed by atoms with Gasteiger partial charge >= 0.3 is 0 Å². The summed E-state index contributed by atoms with van der Waals surface area (Å²) in [6.45, 7) is 0. The third-order valence-electron chi connectivity index (χ3n) is 3.51. The molecule has 0 radical (unpaired) electrons. The zero-order valence-corrected chi connectivity index (χ0v) is 11.9. The molecular formula is C12H18N4S2. The van der Waals surface area contributed by atoms with E-state index in [-0.39, 0.29) is 0 Å². The molecule has 98 valence electrons. The molecule has 6 heteroatoms. The van der Waals surface area contributed by atoms with Crippen LogP contribution in [-0.2, 0) is 17.3 Å². The monoisotopic (exact) mass is 282 g/mol. The van der Waals surface area contributed by atoms with Crippen LogP contribution in [0.1, 0.15) is 42.8 Å². The fourth-order valence-corrected chi connectivity index (χ4v) is 4.76. The number of nitrogens with zero attached hydrogens (tertiary/aromatic N) is 2. The Bertz CT molecular complexity index is 432. The maximum atomic E-state index is 5.55. The Morgan fingerprint density at radius 3 is 2.89 bits per heavy atom. The Balaban J connectivity index is 1.71. The van der Waals surface area contributed by atoms with Gasteiger partial charge in [0.15, 0.2) is 0 Å². The van der Waals surface area contributed by atoms with Crippen LogP contribution in [0.3, 0.4) is 0 Å². The summed E-state index contributed by atoms with van der Waals surface area (Å²) < 4.78 is 0. The van der Waals surface area contributed by atoms with Crippen LogP contribution in [-0.4, -0.2) is 15.2 Å². The molecule has 3 N–H and O–H groups in total. The zero-order valence-electron chi connectivity index (χ0n) is 10.3. The van der Waals surface area contributed by atoms with E-state index < -0.39 is 0 Å². The minimum atomic E-state index is 0.811. The van der Waals surface area contributed by atoms with E-state index >= 15 is 0 Å². The van der Waals surface area contributed by atoms with Gasteiger partial charge in [-0.25, -0.2) is 15.8 Å². The smallest absolute Gasteiger partial charge is 0.148 e. The molecule has 1 aliphatic carbocycles. The summed E-state index contributed by atoms with van der Waals surface area (Å²) in [6, 6.07) is 0. The molecule has 0 aromatic carbocycles. The van der Waals surface area contributed by atoms with Gasteiger partial charge < -0.3 is 5.43 Å². The van der Waals surface area contributed by atoms with E-state index in [1.165, 1.54) is 36.9 Å². The summed E-state index contributed by atoms with van der Waals surface area (Å²) in [5, 5.41) is 0.811. The molecule has 0 bridgehead atoms.